The van der Waals surface area contributed by atoms with Gasteiger partial charge in [-0.2, -0.15) is 0 Å². The van der Waals surface area contributed by atoms with E-state index in [-0.39, 0.29) is 5.41 Å². The van der Waals surface area contributed by atoms with E-state index in [2.05, 4.69) is 30.2 Å². The van der Waals surface area contributed by atoms with E-state index in [1.54, 1.807) is 7.11 Å². The molecule has 0 bridgehead atoms. The molecule has 2 rings (SSSR count). The van der Waals surface area contributed by atoms with E-state index >= 15 is 0 Å². The Balaban J connectivity index is 2.00. The summed E-state index contributed by atoms with van der Waals surface area (Å²) in [6, 6.07) is 15.8. The van der Waals surface area contributed by atoms with Crippen molar-refractivity contribution in [1.29, 1.82) is 0 Å². The molecule has 0 aliphatic carbocycles. The number of para-hydroxylation sites is 1. The minimum atomic E-state index is -0.0248. The number of ether oxygens (including phenoxy) is 1. The molecule has 0 amide bonds. The highest BCUT2D eigenvalue weighted by Crippen LogP contribution is 2.24. The average molecular weight is 360 g/mol. The molecule has 4 nitrogen and oxygen atoms in total. The molecule has 0 saturated carbocycles. The van der Waals surface area contributed by atoms with Crippen molar-refractivity contribution < 1.29 is 4.74 Å². The van der Waals surface area contributed by atoms with Crippen LogP contribution in [0.2, 0.25) is 5.02 Å². The first-order chi connectivity index (χ1) is 11.9. The van der Waals surface area contributed by atoms with Crippen LogP contribution in [0.1, 0.15) is 25.0 Å². The van der Waals surface area contributed by atoms with Crippen molar-refractivity contribution in [2.75, 3.05) is 19.0 Å². The van der Waals surface area contributed by atoms with Crippen LogP contribution >= 0.6 is 11.6 Å². The van der Waals surface area contributed by atoms with E-state index in [0.29, 0.717) is 19.1 Å². The Kier molecular flexibility index (Phi) is 6.85. The van der Waals surface area contributed by atoms with Gasteiger partial charge in [0.25, 0.3) is 0 Å². The summed E-state index contributed by atoms with van der Waals surface area (Å²) in [5.41, 5.74) is 9.20. The third kappa shape index (κ3) is 6.40. The second kappa shape index (κ2) is 8.88. The molecule has 2 aromatic carbocycles. The summed E-state index contributed by atoms with van der Waals surface area (Å²) in [6.45, 7) is 5.48. The summed E-state index contributed by atoms with van der Waals surface area (Å²) < 4.78 is 5.21. The van der Waals surface area contributed by atoms with Gasteiger partial charge >= 0.3 is 0 Å². The summed E-state index contributed by atoms with van der Waals surface area (Å²) in [5, 5.41) is 3.92. The van der Waals surface area contributed by atoms with Crippen LogP contribution in [0.15, 0.2) is 53.5 Å². The standard InChI is InChI=1S/C20H26ClN3O/c1-20(2,12-15-7-6-9-17(21)11-15)14-23-19(22)24-18-10-5-4-8-16(18)13-25-3/h4-11H,12-14H2,1-3H3,(H3,22,23,24). The lowest BCUT2D eigenvalue weighted by molar-refractivity contribution is 0.185. The van der Waals surface area contributed by atoms with Crippen LogP contribution < -0.4 is 11.1 Å². The van der Waals surface area contributed by atoms with E-state index in [0.717, 1.165) is 22.7 Å². The smallest absolute Gasteiger partial charge is 0.193 e. The second-order valence-electron chi connectivity index (χ2n) is 6.89. The first kappa shape index (κ1) is 19.3. The lowest BCUT2D eigenvalue weighted by Gasteiger charge is -2.23. The summed E-state index contributed by atoms with van der Waals surface area (Å²) in [6.07, 6.45) is 0.880. The van der Waals surface area contributed by atoms with E-state index < -0.39 is 0 Å². The lowest BCUT2D eigenvalue weighted by atomic mass is 9.86. The van der Waals surface area contributed by atoms with Gasteiger partial charge in [0, 0.05) is 29.9 Å². The zero-order valence-electron chi connectivity index (χ0n) is 15.1. The van der Waals surface area contributed by atoms with Gasteiger partial charge in [-0.1, -0.05) is 55.8 Å². The molecule has 0 heterocycles. The number of nitrogens with zero attached hydrogens (tertiary/aromatic N) is 1. The molecule has 0 aromatic heterocycles. The predicted octanol–water partition coefficient (Wildman–Crippen LogP) is 4.48. The third-order valence-corrected chi connectivity index (χ3v) is 4.06. The molecule has 2 aromatic rings. The van der Waals surface area contributed by atoms with Gasteiger partial charge in [0.2, 0.25) is 0 Å². The molecule has 0 radical (unpaired) electrons. The molecule has 0 atom stereocenters. The molecular formula is C20H26ClN3O. The van der Waals surface area contributed by atoms with Crippen molar-refractivity contribution in [3.8, 4) is 0 Å². The highest BCUT2D eigenvalue weighted by atomic mass is 35.5. The van der Waals surface area contributed by atoms with Crippen LogP contribution in [0.5, 0.6) is 0 Å². The molecule has 5 heteroatoms. The Morgan fingerprint density at radius 2 is 1.96 bits per heavy atom. The highest BCUT2D eigenvalue weighted by Gasteiger charge is 2.18. The van der Waals surface area contributed by atoms with Gasteiger partial charge in [-0.15, -0.1) is 0 Å². The van der Waals surface area contributed by atoms with Gasteiger partial charge in [0.15, 0.2) is 5.96 Å². The monoisotopic (exact) mass is 359 g/mol. The first-order valence-corrected chi connectivity index (χ1v) is 8.66. The van der Waals surface area contributed by atoms with E-state index in [1.165, 1.54) is 5.56 Å². The minimum absolute atomic E-state index is 0.0248. The largest absolute Gasteiger partial charge is 0.380 e. The summed E-state index contributed by atoms with van der Waals surface area (Å²) in [4.78, 5) is 4.52. The summed E-state index contributed by atoms with van der Waals surface area (Å²) >= 11 is 6.06. The van der Waals surface area contributed by atoms with Gasteiger partial charge in [-0.05, 0) is 35.6 Å². The van der Waals surface area contributed by atoms with Crippen molar-refractivity contribution in [1.82, 2.24) is 0 Å². The van der Waals surface area contributed by atoms with Gasteiger partial charge in [-0.25, -0.2) is 0 Å². The summed E-state index contributed by atoms with van der Waals surface area (Å²) in [7, 11) is 1.67. The minimum Gasteiger partial charge on any atom is -0.380 e. The van der Waals surface area contributed by atoms with E-state index in [4.69, 9.17) is 22.1 Å². The van der Waals surface area contributed by atoms with Gasteiger partial charge < -0.3 is 15.8 Å². The molecule has 0 fully saturated rings. The normalized spacial score (nSPS) is 12.2. The zero-order valence-corrected chi connectivity index (χ0v) is 15.8. The van der Waals surface area contributed by atoms with E-state index in [9.17, 15) is 0 Å². The topological polar surface area (TPSA) is 59.6 Å². The highest BCUT2D eigenvalue weighted by molar-refractivity contribution is 6.30. The molecule has 0 unspecified atom stereocenters. The average Bonchev–Trinajstić information content (AvgIpc) is 2.55. The van der Waals surface area contributed by atoms with Crippen molar-refractivity contribution in [2.45, 2.75) is 26.9 Å². The number of benzene rings is 2. The van der Waals surface area contributed by atoms with Crippen LogP contribution in [0, 0.1) is 5.41 Å². The number of anilines is 1. The fourth-order valence-corrected chi connectivity index (χ4v) is 2.87. The molecule has 0 aliphatic rings. The fourth-order valence-electron chi connectivity index (χ4n) is 2.66. The number of hydrogen-bond acceptors (Lipinski definition) is 2. The van der Waals surface area contributed by atoms with Crippen LogP contribution in [-0.2, 0) is 17.8 Å². The predicted molar refractivity (Wildman–Crippen MR) is 106 cm³/mol. The van der Waals surface area contributed by atoms with E-state index in [1.807, 2.05) is 42.5 Å². The SMILES string of the molecule is COCc1ccccc1NC(N)=NCC(C)(C)Cc1cccc(Cl)c1. The Bertz CT molecular complexity index is 728. The maximum absolute atomic E-state index is 6.07. The Morgan fingerprint density at radius 1 is 1.20 bits per heavy atom. The number of nitrogens with two attached hydrogens (primary N) is 1. The van der Waals surface area contributed by atoms with Gasteiger partial charge in [0.1, 0.15) is 0 Å². The number of hydrogen-bond donors (Lipinski definition) is 2. The Morgan fingerprint density at radius 3 is 2.68 bits per heavy atom. The Hall–Kier alpha value is -2.04. The van der Waals surface area contributed by atoms with Crippen molar-refractivity contribution in [3.05, 3.63) is 64.7 Å². The van der Waals surface area contributed by atoms with Crippen LogP contribution in [0.4, 0.5) is 5.69 Å². The number of nitrogens with one attached hydrogen (secondary N) is 1. The van der Waals surface area contributed by atoms with Gasteiger partial charge in [0.05, 0.1) is 6.61 Å². The zero-order chi connectivity index (χ0) is 18.3. The lowest BCUT2D eigenvalue weighted by Crippen LogP contribution is -2.27. The first-order valence-electron chi connectivity index (χ1n) is 8.28. The fraction of sp³-hybridized carbons (Fsp3) is 0.350. The molecular weight excluding hydrogens is 334 g/mol. The number of halogens is 1. The van der Waals surface area contributed by atoms with Crippen molar-refractivity contribution in [3.63, 3.8) is 0 Å². The maximum Gasteiger partial charge on any atom is 0.193 e. The van der Waals surface area contributed by atoms with Crippen molar-refractivity contribution in [2.24, 2.45) is 16.1 Å². The number of rotatable bonds is 7. The van der Waals surface area contributed by atoms with Crippen LogP contribution in [0.25, 0.3) is 0 Å². The maximum atomic E-state index is 6.07. The number of guanidine groups is 1. The molecule has 3 N–H and O–H groups in total. The molecule has 25 heavy (non-hydrogen) atoms. The van der Waals surface area contributed by atoms with Crippen LogP contribution in [0.3, 0.4) is 0 Å². The molecule has 0 saturated heterocycles. The molecule has 0 spiro atoms. The molecule has 0 aliphatic heterocycles. The quantitative estimate of drug-likeness (QED) is 0.566. The van der Waals surface area contributed by atoms with Crippen molar-refractivity contribution >= 4 is 23.2 Å². The Labute approximate surface area is 155 Å². The third-order valence-electron chi connectivity index (χ3n) is 3.83. The van der Waals surface area contributed by atoms with Crippen LogP contribution in [-0.4, -0.2) is 19.6 Å². The second-order valence-corrected chi connectivity index (χ2v) is 7.32. The van der Waals surface area contributed by atoms with Gasteiger partial charge in [-0.3, -0.25) is 4.99 Å². The molecule has 134 valence electrons. The number of methoxy groups -OCH3 is 1. The number of aliphatic imine (C=N–C) groups is 1. The summed E-state index contributed by atoms with van der Waals surface area (Å²) in [5.74, 6) is 0.405.